The highest BCUT2D eigenvalue weighted by atomic mass is 16.5. The molecule has 4 unspecified atom stereocenters. The van der Waals surface area contributed by atoms with Crippen LogP contribution in [0.15, 0.2) is 30.3 Å². The number of rotatable bonds is 7. The molecule has 0 radical (unpaired) electrons. The van der Waals surface area contributed by atoms with Crippen LogP contribution in [0, 0.1) is 17.8 Å². The molecule has 22 heavy (non-hydrogen) atoms. The first-order chi connectivity index (χ1) is 10.6. The van der Waals surface area contributed by atoms with Crippen molar-refractivity contribution >= 4 is 0 Å². The minimum Gasteiger partial charge on any atom is -0.375 e. The van der Waals surface area contributed by atoms with Crippen LogP contribution in [-0.2, 0) is 11.3 Å². The van der Waals surface area contributed by atoms with Gasteiger partial charge in [0.1, 0.15) is 0 Å². The second kappa shape index (κ2) is 8.69. The third kappa shape index (κ3) is 4.57. The van der Waals surface area contributed by atoms with E-state index in [9.17, 15) is 0 Å². The Kier molecular flexibility index (Phi) is 6.91. The van der Waals surface area contributed by atoms with Gasteiger partial charge >= 0.3 is 0 Å². The lowest BCUT2D eigenvalue weighted by atomic mass is 9.76. The summed E-state index contributed by atoms with van der Waals surface area (Å²) in [5, 5.41) is 0. The highest BCUT2D eigenvalue weighted by Gasteiger charge is 2.36. The largest absolute Gasteiger partial charge is 0.375 e. The minimum absolute atomic E-state index is 0.571. The molecule has 1 fully saturated rings. The van der Waals surface area contributed by atoms with Crippen molar-refractivity contribution in [3.8, 4) is 0 Å². The fourth-order valence-electron chi connectivity index (χ4n) is 3.62. The Morgan fingerprint density at radius 2 is 1.82 bits per heavy atom. The predicted octanol–water partition coefficient (Wildman–Crippen LogP) is 4.60. The number of hydrogen-bond acceptors (Lipinski definition) is 2. The van der Waals surface area contributed by atoms with Gasteiger partial charge in [-0.15, -0.1) is 0 Å². The Morgan fingerprint density at radius 3 is 2.50 bits per heavy atom. The van der Waals surface area contributed by atoms with Crippen LogP contribution in [0.2, 0.25) is 0 Å². The summed E-state index contributed by atoms with van der Waals surface area (Å²) in [6.07, 6.45) is 2.56. The van der Waals surface area contributed by atoms with Gasteiger partial charge < -0.3 is 4.74 Å². The van der Waals surface area contributed by atoms with Crippen LogP contribution in [0.25, 0.3) is 0 Å². The van der Waals surface area contributed by atoms with Crippen LogP contribution in [0.3, 0.4) is 0 Å². The van der Waals surface area contributed by atoms with Gasteiger partial charge in [-0.25, -0.2) is 0 Å². The number of nitrogens with zero attached hydrogens (tertiary/aromatic N) is 1. The Balaban J connectivity index is 1.91. The number of piperidine rings is 1. The average Bonchev–Trinajstić information content (AvgIpc) is 2.54. The fourth-order valence-corrected chi connectivity index (χ4v) is 3.62. The molecule has 0 aromatic heterocycles. The third-order valence-electron chi connectivity index (χ3n) is 5.52. The van der Waals surface area contributed by atoms with E-state index in [1.54, 1.807) is 0 Å². The molecular weight excluding hydrogens is 270 g/mol. The molecular formula is C20H33NO. The Labute approximate surface area is 136 Å². The number of unbranched alkanes of at least 4 members (excludes halogenated alkanes) is 1. The molecule has 0 aliphatic carbocycles. The van der Waals surface area contributed by atoms with E-state index in [0.717, 1.165) is 25.0 Å². The van der Waals surface area contributed by atoms with E-state index < -0.39 is 0 Å². The molecule has 0 saturated carbocycles. The molecule has 0 spiro atoms. The van der Waals surface area contributed by atoms with E-state index in [0.29, 0.717) is 12.0 Å². The highest BCUT2D eigenvalue weighted by molar-refractivity contribution is 5.13. The van der Waals surface area contributed by atoms with Gasteiger partial charge in [0.2, 0.25) is 0 Å². The normalized spacial score (nSPS) is 29.6. The first-order valence-corrected chi connectivity index (χ1v) is 8.99. The van der Waals surface area contributed by atoms with E-state index in [1.807, 2.05) is 0 Å². The van der Waals surface area contributed by atoms with Crippen LogP contribution in [-0.4, -0.2) is 30.6 Å². The lowest BCUT2D eigenvalue weighted by Gasteiger charge is -2.46. The Morgan fingerprint density at radius 1 is 1.09 bits per heavy atom. The summed E-state index contributed by atoms with van der Waals surface area (Å²) in [6.45, 7) is 13.5. The Hall–Kier alpha value is -0.860. The molecule has 1 heterocycles. The van der Waals surface area contributed by atoms with Gasteiger partial charge in [0.15, 0.2) is 0 Å². The first-order valence-electron chi connectivity index (χ1n) is 8.99. The number of hydrogen-bond donors (Lipinski definition) is 0. The molecule has 1 aliphatic rings. The standard InChI is InChI=1S/C20H33NO/c1-5-6-12-21-13-16(2)17(3)18(4)20(21)15-22-14-19-10-8-7-9-11-19/h7-11,16-18,20H,5-6,12-15H2,1-4H3. The van der Waals surface area contributed by atoms with Crippen LogP contribution in [0.1, 0.15) is 46.1 Å². The zero-order chi connectivity index (χ0) is 15.9. The average molecular weight is 303 g/mol. The molecule has 2 nitrogen and oxygen atoms in total. The Bertz CT molecular complexity index is 419. The first kappa shape index (κ1) is 17.5. The third-order valence-corrected chi connectivity index (χ3v) is 5.52. The maximum Gasteiger partial charge on any atom is 0.0717 e. The molecule has 0 amide bonds. The minimum atomic E-state index is 0.571. The number of ether oxygens (including phenoxy) is 1. The van der Waals surface area contributed by atoms with Crippen LogP contribution in [0.4, 0.5) is 0 Å². The molecule has 0 bridgehead atoms. The van der Waals surface area contributed by atoms with E-state index in [-0.39, 0.29) is 0 Å². The molecule has 2 rings (SSSR count). The summed E-state index contributed by atoms with van der Waals surface area (Å²) >= 11 is 0. The SMILES string of the molecule is CCCCN1CC(C)C(C)C(C)C1COCc1ccccc1. The van der Waals surface area contributed by atoms with Gasteiger partial charge in [-0.3, -0.25) is 4.90 Å². The van der Waals surface area contributed by atoms with Gasteiger partial charge in [0.05, 0.1) is 13.2 Å². The zero-order valence-electron chi connectivity index (χ0n) is 14.8. The maximum atomic E-state index is 6.08. The summed E-state index contributed by atoms with van der Waals surface area (Å²) in [7, 11) is 0. The van der Waals surface area contributed by atoms with Crippen molar-refractivity contribution in [2.24, 2.45) is 17.8 Å². The molecule has 0 N–H and O–H groups in total. The monoisotopic (exact) mass is 303 g/mol. The van der Waals surface area contributed by atoms with Crippen molar-refractivity contribution in [1.82, 2.24) is 4.90 Å². The summed E-state index contributed by atoms with van der Waals surface area (Å²) in [5.41, 5.74) is 1.27. The molecule has 124 valence electrons. The maximum absolute atomic E-state index is 6.08. The second-order valence-corrected chi connectivity index (χ2v) is 7.11. The quantitative estimate of drug-likeness (QED) is 0.730. The van der Waals surface area contributed by atoms with Gasteiger partial charge in [0.25, 0.3) is 0 Å². The van der Waals surface area contributed by atoms with Crippen molar-refractivity contribution in [2.75, 3.05) is 19.7 Å². The van der Waals surface area contributed by atoms with Crippen LogP contribution >= 0.6 is 0 Å². The summed E-state index contributed by atoms with van der Waals surface area (Å²) < 4.78 is 6.08. The molecule has 2 heteroatoms. The fraction of sp³-hybridized carbons (Fsp3) is 0.700. The molecule has 4 atom stereocenters. The van der Waals surface area contributed by atoms with Crippen LogP contribution in [0.5, 0.6) is 0 Å². The van der Waals surface area contributed by atoms with Crippen LogP contribution < -0.4 is 0 Å². The second-order valence-electron chi connectivity index (χ2n) is 7.11. The van der Waals surface area contributed by atoms with Gasteiger partial charge in [-0.2, -0.15) is 0 Å². The highest BCUT2D eigenvalue weighted by Crippen LogP contribution is 2.33. The van der Waals surface area contributed by atoms with E-state index in [2.05, 4.69) is 62.9 Å². The van der Waals surface area contributed by atoms with Gasteiger partial charge in [0, 0.05) is 12.6 Å². The lowest BCUT2D eigenvalue weighted by molar-refractivity contribution is -0.0310. The zero-order valence-corrected chi connectivity index (χ0v) is 14.8. The van der Waals surface area contributed by atoms with Crippen molar-refractivity contribution in [2.45, 2.75) is 53.2 Å². The van der Waals surface area contributed by atoms with Crippen molar-refractivity contribution in [3.05, 3.63) is 35.9 Å². The lowest BCUT2D eigenvalue weighted by Crippen LogP contribution is -2.53. The van der Waals surface area contributed by atoms with Crippen molar-refractivity contribution in [1.29, 1.82) is 0 Å². The summed E-state index contributed by atoms with van der Waals surface area (Å²) in [5.74, 6) is 2.27. The predicted molar refractivity (Wildman–Crippen MR) is 93.9 cm³/mol. The van der Waals surface area contributed by atoms with E-state index >= 15 is 0 Å². The van der Waals surface area contributed by atoms with Gasteiger partial charge in [-0.1, -0.05) is 64.4 Å². The smallest absolute Gasteiger partial charge is 0.0717 e. The van der Waals surface area contributed by atoms with E-state index in [1.165, 1.54) is 31.5 Å². The topological polar surface area (TPSA) is 12.5 Å². The summed E-state index contributed by atoms with van der Waals surface area (Å²) in [6, 6.07) is 11.1. The molecule has 1 aromatic carbocycles. The number of likely N-dealkylation sites (tertiary alicyclic amines) is 1. The van der Waals surface area contributed by atoms with Crippen molar-refractivity contribution < 1.29 is 4.74 Å². The molecule has 1 aromatic rings. The summed E-state index contributed by atoms with van der Waals surface area (Å²) in [4.78, 5) is 2.68. The molecule has 1 saturated heterocycles. The van der Waals surface area contributed by atoms with Gasteiger partial charge in [-0.05, 0) is 36.3 Å². The van der Waals surface area contributed by atoms with E-state index in [4.69, 9.17) is 4.74 Å². The molecule has 1 aliphatic heterocycles. The number of benzene rings is 1. The van der Waals surface area contributed by atoms with Crippen molar-refractivity contribution in [3.63, 3.8) is 0 Å².